The third-order valence-electron chi connectivity index (χ3n) is 20.2. The fraction of sp³-hybridized carbons (Fsp3) is 0. The molecule has 0 aliphatic rings. The largest absolute Gasteiger partial charge is 0.456 e. The second-order valence-electron chi connectivity index (χ2n) is 25.7. The van der Waals surface area contributed by atoms with Crippen LogP contribution in [-0.4, -0.2) is 39.9 Å². The number of rotatable bonds is 6. The number of hydrogen-bond acceptors (Lipinski definition) is 11. The van der Waals surface area contributed by atoms with Crippen molar-refractivity contribution in [1.29, 1.82) is 0 Å². The number of nitrogens with zero attached hydrogens (tertiary/aromatic N) is 8. The summed E-state index contributed by atoms with van der Waals surface area (Å²) in [7, 11) is 0. The highest BCUT2D eigenvalue weighted by molar-refractivity contribution is 7.26. The molecule has 0 radical (unpaired) electrons. The molecule has 15 aromatic carbocycles. The maximum Gasteiger partial charge on any atom is 0.159 e. The van der Waals surface area contributed by atoms with E-state index >= 15 is 0 Å². The lowest BCUT2D eigenvalue weighted by Crippen LogP contribution is -1.97. The summed E-state index contributed by atoms with van der Waals surface area (Å²) in [6.07, 6.45) is 7.89. The van der Waals surface area contributed by atoms with Crippen molar-refractivity contribution in [2.24, 2.45) is 0 Å². The number of hydrogen-bond donors (Lipinski definition) is 0. The van der Waals surface area contributed by atoms with Gasteiger partial charge in [-0.15, -0.1) is 22.7 Å². The lowest BCUT2D eigenvalue weighted by atomic mass is 9.92. The maximum atomic E-state index is 6.25. The van der Waals surface area contributed by atoms with Crippen LogP contribution in [0.4, 0.5) is 0 Å². The van der Waals surface area contributed by atoms with Crippen molar-refractivity contribution in [2.45, 2.75) is 0 Å². The van der Waals surface area contributed by atoms with Crippen LogP contribution in [0.5, 0.6) is 0 Å². The smallest absolute Gasteiger partial charge is 0.159 e. The average Bonchev–Trinajstić information content (AvgIpc) is 1.66. The van der Waals surface area contributed by atoms with E-state index in [1.54, 1.807) is 22.7 Å². The summed E-state index contributed by atoms with van der Waals surface area (Å²) < 4.78 is 11.1. The number of furan rings is 1. The van der Waals surface area contributed by atoms with Gasteiger partial charge in [-0.05, 0) is 167 Å². The van der Waals surface area contributed by atoms with Crippen LogP contribution in [0.2, 0.25) is 0 Å². The van der Waals surface area contributed by atoms with E-state index in [0.717, 1.165) is 137 Å². The van der Waals surface area contributed by atoms with Gasteiger partial charge in [0.15, 0.2) is 23.3 Å². The van der Waals surface area contributed by atoms with Gasteiger partial charge in [-0.1, -0.05) is 164 Å². The van der Waals surface area contributed by atoms with E-state index < -0.39 is 0 Å². The van der Waals surface area contributed by atoms with Crippen LogP contribution >= 0.6 is 22.7 Å². The predicted octanol–water partition coefficient (Wildman–Crippen LogP) is 23.9. The lowest BCUT2D eigenvalue weighted by molar-refractivity contribution is 0.669. The van der Waals surface area contributed by atoms with E-state index in [9.17, 15) is 0 Å². The molecule has 99 heavy (non-hydrogen) atoms. The molecule has 7 heterocycles. The molecule has 0 atom stereocenters. The Kier molecular flexibility index (Phi) is 11.5. The van der Waals surface area contributed by atoms with E-state index in [2.05, 4.69) is 224 Å². The van der Waals surface area contributed by atoms with Crippen molar-refractivity contribution < 1.29 is 4.42 Å². The summed E-state index contributed by atoms with van der Waals surface area (Å²) in [6.45, 7) is 0. The summed E-state index contributed by atoms with van der Waals surface area (Å²) in [5.41, 5.74) is 12.8. The van der Waals surface area contributed by atoms with Crippen molar-refractivity contribution in [2.75, 3.05) is 0 Å². The number of fused-ring (bicyclic) bond motifs is 27. The van der Waals surface area contributed by atoms with E-state index in [0.29, 0.717) is 23.3 Å². The van der Waals surface area contributed by atoms with Crippen LogP contribution in [0, 0.1) is 0 Å². The van der Waals surface area contributed by atoms with Crippen LogP contribution in [0.15, 0.2) is 284 Å². The first-order valence-electron chi connectivity index (χ1n) is 33.0. The van der Waals surface area contributed by atoms with Crippen LogP contribution in [0.25, 0.3) is 228 Å². The van der Waals surface area contributed by atoms with Crippen LogP contribution < -0.4 is 0 Å². The van der Waals surface area contributed by atoms with Crippen molar-refractivity contribution in [3.8, 4) is 67.8 Å². The highest BCUT2D eigenvalue weighted by Crippen LogP contribution is 2.45. The molecule has 0 N–H and O–H groups in total. The molecule has 0 aliphatic heterocycles. The third-order valence-corrected chi connectivity index (χ3v) is 22.5. The molecule has 0 unspecified atom stereocenters. The zero-order chi connectivity index (χ0) is 64.6. The molecule has 0 saturated carbocycles. The zero-order valence-corrected chi connectivity index (χ0v) is 54.0. The van der Waals surface area contributed by atoms with Gasteiger partial charge in [0, 0.05) is 120 Å². The topological polar surface area (TPSA) is 116 Å². The quantitative estimate of drug-likeness (QED) is 0.150. The Bertz CT molecular complexity index is 7300. The Morgan fingerprint density at radius 3 is 1.07 bits per heavy atom. The number of benzene rings is 15. The highest BCUT2D eigenvalue weighted by Gasteiger charge is 2.22. The minimum atomic E-state index is 0.600. The van der Waals surface area contributed by atoms with Gasteiger partial charge in [-0.3, -0.25) is 0 Å². The zero-order valence-electron chi connectivity index (χ0n) is 52.4. The molecule has 0 amide bonds. The van der Waals surface area contributed by atoms with E-state index in [-0.39, 0.29) is 0 Å². The molecule has 0 spiro atoms. The first-order valence-corrected chi connectivity index (χ1v) is 34.6. The van der Waals surface area contributed by atoms with Crippen molar-refractivity contribution in [3.05, 3.63) is 280 Å². The van der Waals surface area contributed by atoms with Gasteiger partial charge in [0.05, 0.1) is 0 Å². The van der Waals surface area contributed by atoms with Crippen LogP contribution in [-0.2, 0) is 0 Å². The molecule has 0 saturated heterocycles. The molecule has 9 nitrogen and oxygen atoms in total. The molecule has 456 valence electrons. The summed E-state index contributed by atoms with van der Waals surface area (Å²) in [5.74, 6) is 2.51. The minimum absolute atomic E-state index is 0.600. The molecular formula is C88H46N8OS2. The Morgan fingerprint density at radius 1 is 0.192 bits per heavy atom. The van der Waals surface area contributed by atoms with Crippen LogP contribution in [0.3, 0.4) is 0 Å². The standard InChI is InChI=1S/C88H46N8OS2/c1-2-16-57-55(14-1)56-15-3-4-17-58(56)66-37-48(24-30-61(57)66)47-12-11-13-51(36-47)85-92-46-74-67-38-49(25-31-62(67)73-45-91-86(95-83(73)84(74)96-85)52-27-33-76-68(39-52)63-20-7-9-22-75(63)97-76)50-26-32-65-70-41-54(29-35-79(70)99-80(65)42-50)88-90-44-72-60-19-6-5-18-59(60)71-43-89-87(93-81(71)82(72)94-88)53-28-34-78-69(40-53)64-21-8-10-23-77(64)98-78/h1-46H. The van der Waals surface area contributed by atoms with Gasteiger partial charge < -0.3 is 4.42 Å². The molecule has 0 fully saturated rings. The number of aromatic nitrogens is 8. The third kappa shape index (κ3) is 8.32. The molecule has 0 aliphatic carbocycles. The molecule has 22 rings (SSSR count). The fourth-order valence-corrected chi connectivity index (χ4v) is 17.7. The first kappa shape index (κ1) is 54.4. The van der Waals surface area contributed by atoms with E-state index in [1.807, 2.05) is 55.1 Å². The second kappa shape index (κ2) is 20.9. The van der Waals surface area contributed by atoms with Crippen molar-refractivity contribution >= 4 is 182 Å². The normalized spacial score (nSPS) is 12.2. The predicted molar refractivity (Wildman–Crippen MR) is 412 cm³/mol. The molecule has 22 aromatic rings. The molecule has 0 bridgehead atoms. The van der Waals surface area contributed by atoms with E-state index in [1.165, 1.54) is 67.3 Å². The van der Waals surface area contributed by atoms with Crippen LogP contribution in [0.1, 0.15) is 0 Å². The van der Waals surface area contributed by atoms with Gasteiger partial charge in [0.2, 0.25) is 0 Å². The van der Waals surface area contributed by atoms with Crippen molar-refractivity contribution in [1.82, 2.24) is 39.9 Å². The molecule has 7 aromatic heterocycles. The minimum Gasteiger partial charge on any atom is -0.456 e. The fourth-order valence-electron chi connectivity index (χ4n) is 15.5. The van der Waals surface area contributed by atoms with Gasteiger partial charge in [0.1, 0.15) is 33.2 Å². The molecule has 11 heteroatoms. The summed E-state index contributed by atoms with van der Waals surface area (Å²) in [6, 6.07) is 90.9. The monoisotopic (exact) mass is 1290 g/mol. The Labute approximate surface area is 570 Å². The van der Waals surface area contributed by atoms with Gasteiger partial charge >= 0.3 is 0 Å². The second-order valence-corrected chi connectivity index (χ2v) is 27.9. The molecular weight excluding hydrogens is 1250 g/mol. The maximum absolute atomic E-state index is 6.25. The van der Waals surface area contributed by atoms with E-state index in [4.69, 9.17) is 44.3 Å². The first-order chi connectivity index (χ1) is 49.0. The average molecular weight is 1300 g/mol. The Morgan fingerprint density at radius 2 is 0.515 bits per heavy atom. The highest BCUT2D eigenvalue weighted by atomic mass is 32.1. The van der Waals surface area contributed by atoms with Gasteiger partial charge in [-0.2, -0.15) is 0 Å². The number of para-hydroxylation sites is 1. The SMILES string of the molecule is c1cc(-c2ccc3c4ccccc4c4ccccc4c3c2)cc(-c2ncc3c4cc(-c5ccc6c(c5)sc5ccc(-c7ncc8c9ccccc9c9cnc(-c%10ccc%11sc%12ccccc%12c%11c%10)nc9c8n7)cc56)ccc4c4cnc(-c5ccc6oc7ccccc7c6c5)nc4c3n2)c1. The summed E-state index contributed by atoms with van der Waals surface area (Å²) in [4.78, 5) is 42.2. The van der Waals surface area contributed by atoms with Crippen molar-refractivity contribution in [3.63, 3.8) is 0 Å². The summed E-state index contributed by atoms with van der Waals surface area (Å²) in [5, 5.41) is 22.2. The Balaban J connectivity index is 0.655. The van der Waals surface area contributed by atoms with Gasteiger partial charge in [0.25, 0.3) is 0 Å². The summed E-state index contributed by atoms with van der Waals surface area (Å²) >= 11 is 3.60. The lowest BCUT2D eigenvalue weighted by Gasteiger charge is -2.13. The number of thiophene rings is 2. The van der Waals surface area contributed by atoms with Gasteiger partial charge in [-0.25, -0.2) is 39.9 Å². The Hall–Kier alpha value is -12.8.